The van der Waals surface area contributed by atoms with E-state index in [1.807, 2.05) is 0 Å². The summed E-state index contributed by atoms with van der Waals surface area (Å²) in [5.41, 5.74) is 6.57. The van der Waals surface area contributed by atoms with Gasteiger partial charge in [0.05, 0.1) is 0 Å². The Bertz CT molecular complexity index is 276. The van der Waals surface area contributed by atoms with Gasteiger partial charge in [-0.1, -0.05) is 29.3 Å². The molecule has 0 spiro atoms. The Hall–Kier alpha value is -0.500. The van der Waals surface area contributed by atoms with Crippen molar-refractivity contribution in [3.63, 3.8) is 0 Å². The molecule has 1 unspecified atom stereocenters. The lowest BCUT2D eigenvalue weighted by atomic mass is 10.1. The van der Waals surface area contributed by atoms with Crippen molar-refractivity contribution in [3.05, 3.63) is 46.5 Å². The van der Waals surface area contributed by atoms with Crippen molar-refractivity contribution < 1.29 is 0 Å². The minimum atomic E-state index is -0.207. The van der Waals surface area contributed by atoms with Crippen LogP contribution < -0.4 is 5.73 Å². The summed E-state index contributed by atoms with van der Waals surface area (Å²) in [6.45, 7) is 3.59. The second kappa shape index (κ2) is 3.94. The first-order chi connectivity index (χ1) is 5.63. The van der Waals surface area contributed by atoms with Crippen LogP contribution in [-0.4, -0.2) is 0 Å². The molecule has 12 heavy (non-hydrogen) atoms. The monoisotopic (exact) mass is 201 g/mol. The van der Waals surface area contributed by atoms with Crippen molar-refractivity contribution in [3.8, 4) is 0 Å². The molecule has 0 aliphatic carbocycles. The van der Waals surface area contributed by atoms with Crippen molar-refractivity contribution in [2.75, 3.05) is 0 Å². The third-order valence-electron chi connectivity index (χ3n) is 1.52. The van der Waals surface area contributed by atoms with E-state index in [-0.39, 0.29) is 6.04 Å². The normalized spacial score (nSPS) is 12.6. The van der Waals surface area contributed by atoms with Crippen LogP contribution in [0.15, 0.2) is 30.9 Å². The number of hydrogen-bond donors (Lipinski definition) is 1. The molecule has 0 aliphatic heterocycles. The summed E-state index contributed by atoms with van der Waals surface area (Å²) in [7, 11) is 0. The van der Waals surface area contributed by atoms with Crippen LogP contribution in [0.25, 0.3) is 0 Å². The van der Waals surface area contributed by atoms with Gasteiger partial charge in [-0.3, -0.25) is 0 Å². The lowest BCUT2D eigenvalue weighted by Crippen LogP contribution is -2.05. The average Bonchev–Trinajstić information content (AvgIpc) is 2.01. The Balaban J connectivity index is 3.08. The zero-order chi connectivity index (χ0) is 9.14. The minimum absolute atomic E-state index is 0.207. The maximum Gasteiger partial charge on any atom is 0.0479 e. The van der Waals surface area contributed by atoms with Crippen LogP contribution in [0.1, 0.15) is 11.6 Å². The highest BCUT2D eigenvalue weighted by Crippen LogP contribution is 2.22. The largest absolute Gasteiger partial charge is 0.321 e. The zero-order valence-corrected chi connectivity index (χ0v) is 7.94. The van der Waals surface area contributed by atoms with Gasteiger partial charge in [0.15, 0.2) is 0 Å². The zero-order valence-electron chi connectivity index (χ0n) is 6.43. The molecule has 0 fully saturated rings. The molecule has 1 nitrogen and oxygen atoms in total. The van der Waals surface area contributed by atoms with Gasteiger partial charge in [-0.05, 0) is 23.8 Å². The Morgan fingerprint density at radius 1 is 1.25 bits per heavy atom. The van der Waals surface area contributed by atoms with E-state index in [0.29, 0.717) is 10.0 Å². The van der Waals surface area contributed by atoms with Crippen LogP contribution >= 0.6 is 23.2 Å². The van der Waals surface area contributed by atoms with Gasteiger partial charge < -0.3 is 5.73 Å². The van der Waals surface area contributed by atoms with Crippen molar-refractivity contribution in [1.82, 2.24) is 0 Å². The summed E-state index contributed by atoms with van der Waals surface area (Å²) in [5, 5.41) is 1.18. The highest BCUT2D eigenvalue weighted by molar-refractivity contribution is 6.34. The molecule has 0 bridgehead atoms. The van der Waals surface area contributed by atoms with Crippen LogP contribution in [0.3, 0.4) is 0 Å². The summed E-state index contributed by atoms with van der Waals surface area (Å²) < 4.78 is 0. The minimum Gasteiger partial charge on any atom is -0.321 e. The van der Waals surface area contributed by atoms with E-state index < -0.39 is 0 Å². The van der Waals surface area contributed by atoms with Crippen LogP contribution in [0.4, 0.5) is 0 Å². The molecule has 0 amide bonds. The van der Waals surface area contributed by atoms with E-state index in [2.05, 4.69) is 6.58 Å². The molecule has 3 heteroatoms. The quantitative estimate of drug-likeness (QED) is 0.732. The molecule has 0 aromatic heterocycles. The Kier molecular flexibility index (Phi) is 3.15. The highest BCUT2D eigenvalue weighted by Gasteiger charge is 2.03. The van der Waals surface area contributed by atoms with Crippen LogP contribution in [0, 0.1) is 0 Å². The Morgan fingerprint density at radius 2 is 1.75 bits per heavy atom. The summed E-state index contributed by atoms with van der Waals surface area (Å²) in [6, 6.07) is 5.02. The first-order valence-corrected chi connectivity index (χ1v) is 4.23. The standard InChI is InChI=1S/C9H9Cl2N/c1-2-9(12)6-3-7(10)5-8(11)4-6/h2-5,9H,1,12H2. The summed E-state index contributed by atoms with van der Waals surface area (Å²) >= 11 is 11.6. The molecule has 0 saturated heterocycles. The fourth-order valence-corrected chi connectivity index (χ4v) is 1.45. The molecule has 0 heterocycles. The van der Waals surface area contributed by atoms with Gasteiger partial charge in [0.2, 0.25) is 0 Å². The second-order valence-corrected chi connectivity index (χ2v) is 3.34. The van der Waals surface area contributed by atoms with Gasteiger partial charge >= 0.3 is 0 Å². The number of benzene rings is 1. The highest BCUT2D eigenvalue weighted by atomic mass is 35.5. The van der Waals surface area contributed by atoms with Crippen LogP contribution in [0.5, 0.6) is 0 Å². The third-order valence-corrected chi connectivity index (χ3v) is 1.96. The van der Waals surface area contributed by atoms with Crippen molar-refractivity contribution in [1.29, 1.82) is 0 Å². The summed E-state index contributed by atoms with van der Waals surface area (Å²) in [6.07, 6.45) is 1.64. The van der Waals surface area contributed by atoms with E-state index >= 15 is 0 Å². The Labute approximate surface area is 81.8 Å². The molecule has 1 aromatic carbocycles. The van der Waals surface area contributed by atoms with Crippen LogP contribution in [0.2, 0.25) is 10.0 Å². The second-order valence-electron chi connectivity index (χ2n) is 2.46. The lowest BCUT2D eigenvalue weighted by Gasteiger charge is -2.06. The molecule has 0 aliphatic rings. The number of hydrogen-bond acceptors (Lipinski definition) is 1. The fourth-order valence-electron chi connectivity index (χ4n) is 0.904. The predicted molar refractivity (Wildman–Crippen MR) is 53.6 cm³/mol. The molecule has 0 saturated carbocycles. The average molecular weight is 202 g/mol. The molecule has 1 atom stereocenters. The van der Waals surface area contributed by atoms with Gasteiger partial charge in [0.1, 0.15) is 0 Å². The van der Waals surface area contributed by atoms with Crippen molar-refractivity contribution in [2.24, 2.45) is 5.73 Å². The fraction of sp³-hybridized carbons (Fsp3) is 0.111. The number of rotatable bonds is 2. The molecule has 1 rings (SSSR count). The van der Waals surface area contributed by atoms with E-state index in [9.17, 15) is 0 Å². The maximum absolute atomic E-state index is 5.78. The third kappa shape index (κ3) is 2.24. The smallest absolute Gasteiger partial charge is 0.0479 e. The van der Waals surface area contributed by atoms with Gasteiger partial charge in [0, 0.05) is 16.1 Å². The van der Waals surface area contributed by atoms with E-state index in [4.69, 9.17) is 28.9 Å². The summed E-state index contributed by atoms with van der Waals surface area (Å²) in [5.74, 6) is 0. The van der Waals surface area contributed by atoms with Crippen molar-refractivity contribution in [2.45, 2.75) is 6.04 Å². The number of halogens is 2. The van der Waals surface area contributed by atoms with Gasteiger partial charge in [0.25, 0.3) is 0 Å². The maximum atomic E-state index is 5.78. The van der Waals surface area contributed by atoms with Gasteiger partial charge in [-0.25, -0.2) is 0 Å². The van der Waals surface area contributed by atoms with Crippen molar-refractivity contribution >= 4 is 23.2 Å². The molecular formula is C9H9Cl2N. The predicted octanol–water partition coefficient (Wildman–Crippen LogP) is 3.18. The van der Waals surface area contributed by atoms with E-state index in [1.165, 1.54) is 0 Å². The van der Waals surface area contributed by atoms with Crippen LogP contribution in [-0.2, 0) is 0 Å². The first-order valence-electron chi connectivity index (χ1n) is 3.47. The molecule has 64 valence electrons. The van der Waals surface area contributed by atoms with E-state index in [1.54, 1.807) is 24.3 Å². The SMILES string of the molecule is C=CC(N)c1cc(Cl)cc(Cl)c1. The summed E-state index contributed by atoms with van der Waals surface area (Å²) in [4.78, 5) is 0. The molecular weight excluding hydrogens is 193 g/mol. The van der Waals surface area contributed by atoms with Gasteiger partial charge in [-0.2, -0.15) is 0 Å². The van der Waals surface area contributed by atoms with Gasteiger partial charge in [-0.15, -0.1) is 6.58 Å². The lowest BCUT2D eigenvalue weighted by molar-refractivity contribution is 0.915. The topological polar surface area (TPSA) is 26.0 Å². The molecule has 1 aromatic rings. The number of nitrogens with two attached hydrogens (primary N) is 1. The molecule has 0 radical (unpaired) electrons. The van der Waals surface area contributed by atoms with E-state index in [0.717, 1.165) is 5.56 Å². The Morgan fingerprint density at radius 3 is 2.17 bits per heavy atom. The first kappa shape index (κ1) is 9.59. The molecule has 2 N–H and O–H groups in total.